The maximum Gasteiger partial charge on any atom is 0.0900 e. The molecule has 0 saturated heterocycles. The summed E-state index contributed by atoms with van der Waals surface area (Å²) in [5.41, 5.74) is 2.30. The number of benzene rings is 1. The molecule has 0 fully saturated rings. The van der Waals surface area contributed by atoms with Crippen LogP contribution in [0.25, 0.3) is 0 Å². The summed E-state index contributed by atoms with van der Waals surface area (Å²) in [7, 11) is 4.22. The molecule has 0 amide bonds. The largest absolute Gasteiger partial charge is 0.380 e. The van der Waals surface area contributed by atoms with E-state index < -0.39 is 0 Å². The van der Waals surface area contributed by atoms with Crippen molar-refractivity contribution in [1.29, 1.82) is 0 Å². The quantitative estimate of drug-likeness (QED) is 0.780. The van der Waals surface area contributed by atoms with E-state index in [1.54, 1.807) is 11.3 Å². The molecule has 1 heterocycles. The Hall–Kier alpha value is -1.04. The Morgan fingerprint density at radius 1 is 1.19 bits per heavy atom. The van der Waals surface area contributed by atoms with E-state index >= 15 is 0 Å². The fourth-order valence-electron chi connectivity index (χ4n) is 1.93. The second-order valence-electron chi connectivity index (χ2n) is 5.27. The van der Waals surface area contributed by atoms with E-state index in [0.29, 0.717) is 0 Å². The van der Waals surface area contributed by atoms with E-state index in [0.717, 1.165) is 35.2 Å². The van der Waals surface area contributed by atoms with E-state index in [1.165, 1.54) is 9.77 Å². The third-order valence-corrected chi connectivity index (χ3v) is 5.18. The van der Waals surface area contributed by atoms with Gasteiger partial charge in [0.15, 0.2) is 0 Å². The van der Waals surface area contributed by atoms with Crippen molar-refractivity contribution >= 4 is 28.8 Å². The zero-order chi connectivity index (χ0) is 15.2. The fourth-order valence-corrected chi connectivity index (χ4v) is 3.83. The lowest BCUT2D eigenvalue weighted by molar-refractivity contribution is 0.437. The normalized spacial score (nSPS) is 11.1. The Balaban J connectivity index is 1.83. The summed E-state index contributed by atoms with van der Waals surface area (Å²) in [5, 5.41) is 4.61. The Kier molecular flexibility index (Phi) is 6.08. The standard InChI is InChI=1S/C16H23N3S2/c1-12-16(21-13(2)18-12)11-17-14-5-7-15(8-6-14)20-10-9-19(3)4/h5-8,17H,9-11H2,1-4H3. The Morgan fingerprint density at radius 3 is 2.48 bits per heavy atom. The summed E-state index contributed by atoms with van der Waals surface area (Å²) in [4.78, 5) is 9.31. The number of aryl methyl sites for hydroxylation is 2. The smallest absolute Gasteiger partial charge is 0.0900 e. The second-order valence-corrected chi connectivity index (χ2v) is 7.73. The predicted molar refractivity (Wildman–Crippen MR) is 94.6 cm³/mol. The molecule has 2 aromatic rings. The molecule has 2 rings (SSSR count). The number of nitrogens with one attached hydrogen (secondary N) is 1. The lowest BCUT2D eigenvalue weighted by Crippen LogP contribution is -2.14. The minimum atomic E-state index is 0.852. The van der Waals surface area contributed by atoms with Crippen molar-refractivity contribution < 1.29 is 0 Å². The molecule has 0 radical (unpaired) electrons. The van der Waals surface area contributed by atoms with Crippen LogP contribution >= 0.6 is 23.1 Å². The van der Waals surface area contributed by atoms with Gasteiger partial charge in [0.1, 0.15) is 0 Å². The van der Waals surface area contributed by atoms with Gasteiger partial charge in [0.2, 0.25) is 0 Å². The minimum absolute atomic E-state index is 0.852. The Labute approximate surface area is 135 Å². The Morgan fingerprint density at radius 2 is 1.90 bits per heavy atom. The van der Waals surface area contributed by atoms with Crippen LogP contribution in [0.3, 0.4) is 0 Å². The summed E-state index contributed by atoms with van der Waals surface area (Å²) in [6, 6.07) is 8.68. The molecule has 114 valence electrons. The minimum Gasteiger partial charge on any atom is -0.380 e. The third-order valence-electron chi connectivity index (χ3n) is 3.11. The summed E-state index contributed by atoms with van der Waals surface area (Å²) < 4.78 is 0. The molecule has 1 N–H and O–H groups in total. The van der Waals surface area contributed by atoms with Crippen LogP contribution in [0, 0.1) is 13.8 Å². The number of thiazole rings is 1. The van der Waals surface area contributed by atoms with Crippen LogP contribution < -0.4 is 5.32 Å². The highest BCUT2D eigenvalue weighted by Gasteiger charge is 2.04. The van der Waals surface area contributed by atoms with Gasteiger partial charge in [-0.2, -0.15) is 0 Å². The van der Waals surface area contributed by atoms with Crippen LogP contribution in [-0.2, 0) is 6.54 Å². The van der Waals surface area contributed by atoms with Gasteiger partial charge in [0, 0.05) is 27.8 Å². The van der Waals surface area contributed by atoms with Crippen LogP contribution in [0.5, 0.6) is 0 Å². The number of rotatable bonds is 7. The third kappa shape index (κ3) is 5.34. The van der Waals surface area contributed by atoms with Gasteiger partial charge in [0.05, 0.1) is 17.2 Å². The molecule has 0 bridgehead atoms. The maximum atomic E-state index is 4.46. The van der Waals surface area contributed by atoms with Gasteiger partial charge in [-0.25, -0.2) is 4.98 Å². The molecule has 0 unspecified atom stereocenters. The summed E-state index contributed by atoms with van der Waals surface area (Å²) in [5.74, 6) is 1.12. The Bertz CT molecular complexity index is 561. The van der Waals surface area contributed by atoms with E-state index in [2.05, 4.69) is 67.4 Å². The molecule has 21 heavy (non-hydrogen) atoms. The van der Waals surface area contributed by atoms with Gasteiger partial charge < -0.3 is 10.2 Å². The van der Waals surface area contributed by atoms with Crippen molar-refractivity contribution in [3.63, 3.8) is 0 Å². The van der Waals surface area contributed by atoms with Crippen LogP contribution in [-0.4, -0.2) is 36.3 Å². The van der Waals surface area contributed by atoms with Crippen molar-refractivity contribution in [2.45, 2.75) is 25.3 Å². The zero-order valence-corrected chi connectivity index (χ0v) is 14.8. The summed E-state index contributed by atoms with van der Waals surface area (Å²) >= 11 is 3.67. The molecule has 3 nitrogen and oxygen atoms in total. The molecule has 0 spiro atoms. The SMILES string of the molecule is Cc1nc(C)c(CNc2ccc(SCCN(C)C)cc2)s1. The monoisotopic (exact) mass is 321 g/mol. The van der Waals surface area contributed by atoms with E-state index in [4.69, 9.17) is 0 Å². The van der Waals surface area contributed by atoms with Crippen LogP contribution in [0.4, 0.5) is 5.69 Å². The maximum absolute atomic E-state index is 4.46. The molecule has 0 atom stereocenters. The molecule has 1 aromatic carbocycles. The van der Waals surface area contributed by atoms with Gasteiger partial charge in [0.25, 0.3) is 0 Å². The van der Waals surface area contributed by atoms with Gasteiger partial charge in [-0.15, -0.1) is 23.1 Å². The van der Waals surface area contributed by atoms with Crippen molar-refractivity contribution in [2.75, 3.05) is 31.7 Å². The molecular weight excluding hydrogens is 298 g/mol. The number of hydrogen-bond acceptors (Lipinski definition) is 5. The highest BCUT2D eigenvalue weighted by molar-refractivity contribution is 7.99. The van der Waals surface area contributed by atoms with Gasteiger partial charge in [-0.3, -0.25) is 0 Å². The molecule has 0 aliphatic rings. The van der Waals surface area contributed by atoms with E-state index in [1.807, 2.05) is 11.8 Å². The highest BCUT2D eigenvalue weighted by Crippen LogP contribution is 2.22. The first-order valence-electron chi connectivity index (χ1n) is 7.09. The summed E-state index contributed by atoms with van der Waals surface area (Å²) in [6.07, 6.45) is 0. The average Bonchev–Trinajstić information content (AvgIpc) is 2.76. The lowest BCUT2D eigenvalue weighted by atomic mass is 10.3. The van der Waals surface area contributed by atoms with Gasteiger partial charge in [-0.05, 0) is 52.2 Å². The number of anilines is 1. The molecule has 0 aliphatic heterocycles. The van der Waals surface area contributed by atoms with Gasteiger partial charge in [-0.1, -0.05) is 0 Å². The number of nitrogens with zero attached hydrogens (tertiary/aromatic N) is 2. The average molecular weight is 322 g/mol. The highest BCUT2D eigenvalue weighted by atomic mass is 32.2. The van der Waals surface area contributed by atoms with Crippen molar-refractivity contribution in [2.24, 2.45) is 0 Å². The first kappa shape index (κ1) is 16.3. The predicted octanol–water partition coefficient (Wildman–Crippen LogP) is 4.03. The zero-order valence-electron chi connectivity index (χ0n) is 13.1. The van der Waals surface area contributed by atoms with Crippen molar-refractivity contribution in [1.82, 2.24) is 9.88 Å². The number of aromatic nitrogens is 1. The molecule has 0 aliphatic carbocycles. The topological polar surface area (TPSA) is 28.2 Å². The number of hydrogen-bond donors (Lipinski definition) is 1. The van der Waals surface area contributed by atoms with Crippen molar-refractivity contribution in [3.8, 4) is 0 Å². The summed E-state index contributed by atoms with van der Waals surface area (Å²) in [6.45, 7) is 6.09. The first-order valence-corrected chi connectivity index (χ1v) is 8.89. The lowest BCUT2D eigenvalue weighted by Gasteiger charge is -2.09. The van der Waals surface area contributed by atoms with Gasteiger partial charge >= 0.3 is 0 Å². The molecular formula is C16H23N3S2. The first-order chi connectivity index (χ1) is 10.0. The van der Waals surface area contributed by atoms with Crippen LogP contribution in [0.15, 0.2) is 29.2 Å². The number of thioether (sulfide) groups is 1. The molecule has 1 aromatic heterocycles. The van der Waals surface area contributed by atoms with Crippen LogP contribution in [0.2, 0.25) is 0 Å². The fraction of sp³-hybridized carbons (Fsp3) is 0.438. The molecule has 5 heteroatoms. The van der Waals surface area contributed by atoms with E-state index in [-0.39, 0.29) is 0 Å². The molecule has 0 saturated carbocycles. The van der Waals surface area contributed by atoms with Crippen LogP contribution in [0.1, 0.15) is 15.6 Å². The van der Waals surface area contributed by atoms with Crippen molar-refractivity contribution in [3.05, 3.63) is 39.8 Å². The van der Waals surface area contributed by atoms with E-state index in [9.17, 15) is 0 Å². The second kappa shape index (κ2) is 7.82.